The maximum absolute atomic E-state index is 10.7. The van der Waals surface area contributed by atoms with E-state index in [1.807, 2.05) is 0 Å². The monoisotopic (exact) mass is 190 g/mol. The van der Waals surface area contributed by atoms with Gasteiger partial charge in [-0.25, -0.2) is 4.79 Å². The molecule has 13 heavy (non-hydrogen) atoms. The van der Waals surface area contributed by atoms with E-state index < -0.39 is 29.7 Å². The number of carbonyl (C=O) groups is 1. The first-order valence-corrected chi connectivity index (χ1v) is 3.58. The fourth-order valence-corrected chi connectivity index (χ4v) is 0.985. The smallest absolute Gasteiger partial charge is 0.377 e. The summed E-state index contributed by atoms with van der Waals surface area (Å²) >= 11 is 0. The minimum absolute atomic E-state index is 0.102. The number of carbonyl (C=O) groups excluding carboxylic acids is 1. The van der Waals surface area contributed by atoms with Crippen LogP contribution < -0.4 is 0 Å². The molecular formula is C7H10O6. The van der Waals surface area contributed by atoms with E-state index in [4.69, 9.17) is 10.2 Å². The summed E-state index contributed by atoms with van der Waals surface area (Å²) in [6.45, 7) is -0.102. The van der Waals surface area contributed by atoms with Crippen molar-refractivity contribution in [1.82, 2.24) is 0 Å². The minimum atomic E-state index is -1.23. The molecule has 0 amide bonds. The van der Waals surface area contributed by atoms with Crippen LogP contribution in [0, 0.1) is 0 Å². The Balaban J connectivity index is 2.70. The van der Waals surface area contributed by atoms with Crippen molar-refractivity contribution in [3.05, 3.63) is 11.5 Å². The molecule has 0 fully saturated rings. The van der Waals surface area contributed by atoms with Crippen molar-refractivity contribution in [2.75, 3.05) is 13.7 Å². The highest BCUT2D eigenvalue weighted by molar-refractivity contribution is 5.89. The predicted octanol–water partition coefficient (Wildman–Crippen LogP) is -0.753. The van der Waals surface area contributed by atoms with Crippen LogP contribution in [0.3, 0.4) is 0 Å². The number of hydrogen-bond donors (Lipinski definition) is 3. The van der Waals surface area contributed by atoms with Gasteiger partial charge in [0.1, 0.15) is 6.10 Å². The van der Waals surface area contributed by atoms with Crippen LogP contribution in [-0.2, 0) is 14.3 Å². The van der Waals surface area contributed by atoms with Crippen LogP contribution in [0.15, 0.2) is 11.5 Å². The van der Waals surface area contributed by atoms with E-state index >= 15 is 0 Å². The third kappa shape index (κ3) is 1.73. The molecule has 2 atom stereocenters. The number of hydrogen-bond acceptors (Lipinski definition) is 6. The zero-order chi connectivity index (χ0) is 10.0. The molecular weight excluding hydrogens is 180 g/mol. The van der Waals surface area contributed by atoms with Crippen molar-refractivity contribution >= 4 is 5.97 Å². The van der Waals surface area contributed by atoms with Crippen LogP contribution in [0.1, 0.15) is 0 Å². The number of ether oxygens (including phenoxy) is 2. The first kappa shape index (κ1) is 9.82. The Morgan fingerprint density at radius 3 is 2.62 bits per heavy atom. The third-order valence-corrected chi connectivity index (χ3v) is 1.63. The highest BCUT2D eigenvalue weighted by Gasteiger charge is 2.39. The van der Waals surface area contributed by atoms with Crippen LogP contribution in [0.2, 0.25) is 0 Å². The molecule has 1 heterocycles. The molecule has 0 saturated carbocycles. The van der Waals surface area contributed by atoms with Gasteiger partial charge in [0.2, 0.25) is 5.76 Å². The van der Waals surface area contributed by atoms with Crippen molar-refractivity contribution in [3.63, 3.8) is 0 Å². The second kappa shape index (κ2) is 3.63. The van der Waals surface area contributed by atoms with Gasteiger partial charge in [0, 0.05) is 7.11 Å². The van der Waals surface area contributed by atoms with Crippen LogP contribution in [-0.4, -0.2) is 47.2 Å². The van der Waals surface area contributed by atoms with Crippen LogP contribution in [0.25, 0.3) is 0 Å². The number of aliphatic hydroxyl groups excluding tert-OH is 3. The summed E-state index contributed by atoms with van der Waals surface area (Å²) in [5.74, 6) is -2.56. The van der Waals surface area contributed by atoms with Gasteiger partial charge < -0.3 is 24.8 Å². The Bertz CT molecular complexity index is 245. The molecule has 0 spiro atoms. The molecule has 1 aliphatic rings. The Morgan fingerprint density at radius 1 is 1.62 bits per heavy atom. The normalized spacial score (nSPS) is 24.8. The molecule has 0 aliphatic carbocycles. The van der Waals surface area contributed by atoms with E-state index in [-0.39, 0.29) is 6.61 Å². The summed E-state index contributed by atoms with van der Waals surface area (Å²) < 4.78 is 9.04. The Hall–Kier alpha value is -1.27. The maximum Gasteiger partial charge on any atom is 0.377 e. The van der Waals surface area contributed by atoms with Gasteiger partial charge in [0.15, 0.2) is 11.9 Å². The van der Waals surface area contributed by atoms with Gasteiger partial charge in [-0.15, -0.1) is 0 Å². The topological polar surface area (TPSA) is 96.2 Å². The van der Waals surface area contributed by atoms with Crippen molar-refractivity contribution in [3.8, 4) is 0 Å². The van der Waals surface area contributed by atoms with Gasteiger partial charge in [-0.2, -0.15) is 0 Å². The van der Waals surface area contributed by atoms with Crippen LogP contribution >= 0.6 is 0 Å². The second-order valence-corrected chi connectivity index (χ2v) is 2.58. The van der Waals surface area contributed by atoms with E-state index in [0.717, 1.165) is 0 Å². The van der Waals surface area contributed by atoms with Gasteiger partial charge in [0.25, 0.3) is 0 Å². The Labute approximate surface area is 74.0 Å². The van der Waals surface area contributed by atoms with E-state index in [1.54, 1.807) is 0 Å². The summed E-state index contributed by atoms with van der Waals surface area (Å²) in [6.07, 6.45) is -2.41. The lowest BCUT2D eigenvalue weighted by Gasteiger charge is -2.15. The van der Waals surface area contributed by atoms with Crippen LogP contribution in [0.4, 0.5) is 0 Å². The predicted molar refractivity (Wildman–Crippen MR) is 40.0 cm³/mol. The zero-order valence-electron chi connectivity index (χ0n) is 6.93. The standard InChI is InChI=1S/C7H10O6/c1-12-2-3(8)6-4(9)5(10)7(11)13-6/h3,6,8-10H,2H2,1H3. The summed E-state index contributed by atoms with van der Waals surface area (Å²) in [4.78, 5) is 10.7. The summed E-state index contributed by atoms with van der Waals surface area (Å²) in [7, 11) is 1.35. The molecule has 74 valence electrons. The van der Waals surface area contributed by atoms with E-state index in [2.05, 4.69) is 9.47 Å². The first-order valence-electron chi connectivity index (χ1n) is 3.58. The molecule has 6 heteroatoms. The molecule has 0 saturated heterocycles. The number of methoxy groups -OCH3 is 1. The number of rotatable bonds is 3. The lowest BCUT2D eigenvalue weighted by atomic mass is 10.2. The third-order valence-electron chi connectivity index (χ3n) is 1.63. The summed E-state index contributed by atoms with van der Waals surface area (Å²) in [5, 5.41) is 27.2. The summed E-state index contributed by atoms with van der Waals surface area (Å²) in [6, 6.07) is 0. The number of cyclic esters (lactones) is 1. The van der Waals surface area contributed by atoms with Crippen LogP contribution in [0.5, 0.6) is 0 Å². The SMILES string of the molecule is COCC(O)C1OC(=O)C(O)=C1O. The van der Waals surface area contributed by atoms with Gasteiger partial charge in [-0.3, -0.25) is 0 Å². The fraction of sp³-hybridized carbons (Fsp3) is 0.571. The number of esters is 1. The fourth-order valence-electron chi connectivity index (χ4n) is 0.985. The van der Waals surface area contributed by atoms with Gasteiger partial charge >= 0.3 is 5.97 Å². The van der Waals surface area contributed by atoms with E-state index in [1.165, 1.54) is 7.11 Å². The number of aliphatic hydroxyl groups is 3. The highest BCUT2D eigenvalue weighted by atomic mass is 16.6. The molecule has 0 aromatic rings. The second-order valence-electron chi connectivity index (χ2n) is 2.58. The average molecular weight is 190 g/mol. The largest absolute Gasteiger partial charge is 0.505 e. The van der Waals surface area contributed by atoms with Crippen molar-refractivity contribution in [2.24, 2.45) is 0 Å². The van der Waals surface area contributed by atoms with Crippen molar-refractivity contribution < 1.29 is 29.6 Å². The maximum atomic E-state index is 10.7. The molecule has 3 N–H and O–H groups in total. The Morgan fingerprint density at radius 2 is 2.23 bits per heavy atom. The lowest BCUT2D eigenvalue weighted by Crippen LogP contribution is -2.32. The molecule has 0 bridgehead atoms. The Kier molecular flexibility index (Phi) is 2.74. The van der Waals surface area contributed by atoms with E-state index in [0.29, 0.717) is 0 Å². The molecule has 6 nitrogen and oxygen atoms in total. The van der Waals surface area contributed by atoms with Gasteiger partial charge in [0.05, 0.1) is 6.61 Å². The lowest BCUT2D eigenvalue weighted by molar-refractivity contribution is -0.148. The molecule has 1 rings (SSSR count). The minimum Gasteiger partial charge on any atom is -0.505 e. The average Bonchev–Trinajstić information content (AvgIpc) is 2.33. The zero-order valence-corrected chi connectivity index (χ0v) is 6.93. The van der Waals surface area contributed by atoms with Crippen molar-refractivity contribution in [1.29, 1.82) is 0 Å². The quantitative estimate of drug-likeness (QED) is 0.506. The van der Waals surface area contributed by atoms with Crippen molar-refractivity contribution in [2.45, 2.75) is 12.2 Å². The molecule has 0 radical (unpaired) electrons. The molecule has 0 aromatic carbocycles. The highest BCUT2D eigenvalue weighted by Crippen LogP contribution is 2.21. The molecule has 1 aliphatic heterocycles. The van der Waals surface area contributed by atoms with Gasteiger partial charge in [-0.05, 0) is 0 Å². The van der Waals surface area contributed by atoms with Gasteiger partial charge in [-0.1, -0.05) is 0 Å². The molecule has 2 unspecified atom stereocenters. The molecule has 0 aromatic heterocycles. The first-order chi connectivity index (χ1) is 6.07. The summed E-state index contributed by atoms with van der Waals surface area (Å²) in [5.41, 5.74) is 0. The van der Waals surface area contributed by atoms with E-state index in [9.17, 15) is 9.90 Å².